The lowest BCUT2D eigenvalue weighted by Crippen LogP contribution is -2.20. The molecule has 0 spiro atoms. The molecule has 0 aliphatic heterocycles. The zero-order valence-electron chi connectivity index (χ0n) is 19.6. The van der Waals surface area contributed by atoms with Crippen molar-refractivity contribution >= 4 is 0 Å². The Kier molecular flexibility index (Phi) is 18.2. The van der Waals surface area contributed by atoms with Crippen molar-refractivity contribution in [2.45, 2.75) is 137 Å². The first-order valence-corrected chi connectivity index (χ1v) is 11.9. The summed E-state index contributed by atoms with van der Waals surface area (Å²) < 4.78 is 11.5. The highest BCUT2D eigenvalue weighted by Crippen LogP contribution is 2.21. The van der Waals surface area contributed by atoms with Crippen LogP contribution in [0.15, 0.2) is 11.5 Å². The van der Waals surface area contributed by atoms with E-state index in [1.54, 1.807) is 7.11 Å². The lowest BCUT2D eigenvalue weighted by atomic mass is 9.99. The molecule has 1 atom stereocenters. The number of hydrogen-bond acceptors (Lipinski definition) is 2. The molecule has 162 valence electrons. The first-order valence-electron chi connectivity index (χ1n) is 11.9. The molecule has 0 radical (unpaired) electrons. The van der Waals surface area contributed by atoms with Crippen molar-refractivity contribution in [3.8, 4) is 0 Å². The van der Waals surface area contributed by atoms with Gasteiger partial charge in [-0.3, -0.25) is 0 Å². The largest absolute Gasteiger partial charge is 0.469 e. The van der Waals surface area contributed by atoms with Crippen molar-refractivity contribution in [1.29, 1.82) is 0 Å². The second kappa shape index (κ2) is 18.7. The Morgan fingerprint density at radius 3 is 1.41 bits per heavy atom. The number of unbranched alkanes of at least 4 members (excludes halogenated alkanes) is 13. The molecule has 2 heteroatoms. The second-order valence-corrected chi connectivity index (χ2v) is 8.78. The minimum Gasteiger partial charge on any atom is -0.469 e. The van der Waals surface area contributed by atoms with Crippen molar-refractivity contribution in [1.82, 2.24) is 0 Å². The topological polar surface area (TPSA) is 18.5 Å². The highest BCUT2D eigenvalue weighted by Gasteiger charge is 2.17. The molecule has 0 amide bonds. The van der Waals surface area contributed by atoms with E-state index in [1.165, 1.54) is 89.9 Å². The van der Waals surface area contributed by atoms with Crippen molar-refractivity contribution in [2.24, 2.45) is 5.92 Å². The van der Waals surface area contributed by atoms with Gasteiger partial charge in [-0.1, -0.05) is 104 Å². The zero-order valence-corrected chi connectivity index (χ0v) is 19.6. The van der Waals surface area contributed by atoms with Crippen molar-refractivity contribution < 1.29 is 9.47 Å². The maximum absolute atomic E-state index is 6.09. The Hall–Kier alpha value is -0.660. The maximum Gasteiger partial charge on any atom is 0.277 e. The number of rotatable bonds is 19. The van der Waals surface area contributed by atoms with Crippen molar-refractivity contribution in [3.05, 3.63) is 11.5 Å². The van der Waals surface area contributed by atoms with Gasteiger partial charge in [-0.15, -0.1) is 0 Å². The fraction of sp³-hybridized carbons (Fsp3) is 0.920. The molecule has 0 N–H and O–H groups in total. The van der Waals surface area contributed by atoms with E-state index in [-0.39, 0.29) is 6.10 Å². The molecule has 0 fully saturated rings. The Balaban J connectivity index is 3.57. The van der Waals surface area contributed by atoms with Crippen LogP contribution >= 0.6 is 0 Å². The van der Waals surface area contributed by atoms with Gasteiger partial charge in [-0.25, -0.2) is 0 Å². The fourth-order valence-corrected chi connectivity index (χ4v) is 3.58. The van der Waals surface area contributed by atoms with Crippen molar-refractivity contribution in [3.63, 3.8) is 0 Å². The van der Waals surface area contributed by atoms with Crippen LogP contribution < -0.4 is 0 Å². The molecule has 0 aromatic rings. The summed E-state index contributed by atoms with van der Waals surface area (Å²) in [5.41, 5.74) is 1.11. The van der Waals surface area contributed by atoms with Gasteiger partial charge in [-0.2, -0.15) is 0 Å². The first-order chi connectivity index (χ1) is 13.0. The lowest BCUT2D eigenvalue weighted by molar-refractivity contribution is -0.0178. The Morgan fingerprint density at radius 1 is 0.667 bits per heavy atom. The number of ether oxygens (including phenoxy) is 2. The van der Waals surface area contributed by atoms with Crippen LogP contribution in [0, 0.1) is 5.92 Å². The van der Waals surface area contributed by atoms with Crippen LogP contribution in [0.25, 0.3) is 0 Å². The van der Waals surface area contributed by atoms with Crippen molar-refractivity contribution in [2.75, 3.05) is 7.11 Å². The van der Waals surface area contributed by atoms with E-state index in [0.29, 0.717) is 11.9 Å². The lowest BCUT2D eigenvalue weighted by Gasteiger charge is -2.24. The molecule has 0 aromatic carbocycles. The Bertz CT molecular complexity index is 342. The summed E-state index contributed by atoms with van der Waals surface area (Å²) in [5.74, 6) is 1.23. The molecule has 1 unspecified atom stereocenters. The van der Waals surface area contributed by atoms with E-state index >= 15 is 0 Å². The number of allylic oxidation sites excluding steroid dienone is 1. The molecule has 0 heterocycles. The predicted molar refractivity (Wildman–Crippen MR) is 120 cm³/mol. The average molecular weight is 383 g/mol. The van der Waals surface area contributed by atoms with Gasteiger partial charge in [0.25, 0.3) is 5.95 Å². The summed E-state index contributed by atoms with van der Waals surface area (Å²) in [5, 5.41) is 0. The summed E-state index contributed by atoms with van der Waals surface area (Å²) in [6, 6.07) is 0. The minimum absolute atomic E-state index is 0.271. The van der Waals surface area contributed by atoms with Crippen LogP contribution in [-0.2, 0) is 9.47 Å². The monoisotopic (exact) mass is 382 g/mol. The minimum atomic E-state index is 0.271. The maximum atomic E-state index is 6.09. The van der Waals surface area contributed by atoms with Crippen LogP contribution in [0.3, 0.4) is 0 Å². The van der Waals surface area contributed by atoms with Gasteiger partial charge >= 0.3 is 0 Å². The SMILES string of the molecule is CCCCCCCCCCCCCCCCC(OC(OC)=C(C)C)C(C)C. The van der Waals surface area contributed by atoms with E-state index < -0.39 is 0 Å². The van der Waals surface area contributed by atoms with Crippen LogP contribution in [0.5, 0.6) is 0 Å². The molecular formula is C25H50O2. The van der Waals surface area contributed by atoms with E-state index in [0.717, 1.165) is 12.0 Å². The van der Waals surface area contributed by atoms with Crippen LogP contribution in [0.2, 0.25) is 0 Å². The molecule has 27 heavy (non-hydrogen) atoms. The predicted octanol–water partition coefficient (Wildman–Crippen LogP) is 8.80. The third kappa shape index (κ3) is 16.0. The molecule has 2 nitrogen and oxygen atoms in total. The molecule has 0 bridgehead atoms. The molecule has 0 aromatic heterocycles. The quantitative estimate of drug-likeness (QED) is 0.164. The Labute approximate surface area is 171 Å². The molecule has 0 saturated carbocycles. The highest BCUT2D eigenvalue weighted by molar-refractivity contribution is 4.95. The van der Waals surface area contributed by atoms with E-state index in [4.69, 9.17) is 9.47 Å². The normalized spacial score (nSPS) is 12.3. The molecular weight excluding hydrogens is 332 g/mol. The average Bonchev–Trinajstić information content (AvgIpc) is 2.63. The fourth-order valence-electron chi connectivity index (χ4n) is 3.58. The Morgan fingerprint density at radius 2 is 1.07 bits per heavy atom. The summed E-state index contributed by atoms with van der Waals surface area (Å²) in [7, 11) is 1.70. The van der Waals surface area contributed by atoms with Gasteiger partial charge in [0.2, 0.25) is 0 Å². The van der Waals surface area contributed by atoms with Gasteiger partial charge in [0.1, 0.15) is 6.10 Å². The zero-order chi connectivity index (χ0) is 20.3. The summed E-state index contributed by atoms with van der Waals surface area (Å²) in [4.78, 5) is 0. The molecule has 0 saturated heterocycles. The number of hydrogen-bond donors (Lipinski definition) is 0. The van der Waals surface area contributed by atoms with Crippen LogP contribution in [0.1, 0.15) is 131 Å². The number of methoxy groups -OCH3 is 1. The van der Waals surface area contributed by atoms with Gasteiger partial charge in [-0.05, 0) is 32.6 Å². The standard InChI is InChI=1S/C25H50O2/c1-7-8-9-10-11-12-13-14-15-16-17-18-19-20-21-24(22(2)3)27-25(26-6)23(4)5/h22,24H,7-21H2,1-6H3. The first kappa shape index (κ1) is 26.3. The molecule has 0 rings (SSSR count). The smallest absolute Gasteiger partial charge is 0.277 e. The molecule has 0 aliphatic rings. The third-order valence-corrected chi connectivity index (χ3v) is 5.44. The van der Waals surface area contributed by atoms with E-state index in [1.807, 2.05) is 13.8 Å². The van der Waals surface area contributed by atoms with Gasteiger partial charge < -0.3 is 9.47 Å². The second-order valence-electron chi connectivity index (χ2n) is 8.78. The van der Waals surface area contributed by atoms with E-state index in [2.05, 4.69) is 20.8 Å². The van der Waals surface area contributed by atoms with Gasteiger partial charge in [0.15, 0.2) is 0 Å². The van der Waals surface area contributed by atoms with E-state index in [9.17, 15) is 0 Å². The van der Waals surface area contributed by atoms with Gasteiger partial charge in [0.05, 0.1) is 7.11 Å². The highest BCUT2D eigenvalue weighted by atomic mass is 16.7. The van der Waals surface area contributed by atoms with Crippen LogP contribution in [0.4, 0.5) is 0 Å². The summed E-state index contributed by atoms with van der Waals surface area (Å²) in [6.07, 6.45) is 21.1. The summed E-state index contributed by atoms with van der Waals surface area (Å²) in [6.45, 7) is 10.9. The molecule has 0 aliphatic carbocycles. The third-order valence-electron chi connectivity index (χ3n) is 5.44. The van der Waals surface area contributed by atoms with Crippen LogP contribution in [-0.4, -0.2) is 13.2 Å². The summed E-state index contributed by atoms with van der Waals surface area (Å²) >= 11 is 0. The van der Waals surface area contributed by atoms with Gasteiger partial charge in [0, 0.05) is 5.57 Å².